The van der Waals surface area contributed by atoms with Gasteiger partial charge in [-0.25, -0.2) is 14.6 Å². The number of amides is 1. The number of nitrogens with zero attached hydrogens (tertiary/aromatic N) is 3. The molecule has 9 heteroatoms. The van der Waals surface area contributed by atoms with E-state index in [0.29, 0.717) is 41.6 Å². The third-order valence-corrected chi connectivity index (χ3v) is 5.62. The van der Waals surface area contributed by atoms with Crippen molar-refractivity contribution in [1.29, 1.82) is 0 Å². The second-order valence-corrected chi connectivity index (χ2v) is 7.50. The van der Waals surface area contributed by atoms with Crippen LogP contribution in [0.4, 0.5) is 5.82 Å². The Bertz CT molecular complexity index is 880. The van der Waals surface area contributed by atoms with Gasteiger partial charge in [-0.2, -0.15) is 0 Å². The van der Waals surface area contributed by atoms with Crippen LogP contribution in [0, 0.1) is 0 Å². The summed E-state index contributed by atoms with van der Waals surface area (Å²) in [5.74, 6) is -0.149. The smallest absolute Gasteiger partial charge is 0.348 e. The molecule has 2 aromatic rings. The molecule has 2 aromatic heterocycles. The van der Waals surface area contributed by atoms with Gasteiger partial charge in [0.1, 0.15) is 10.7 Å². The predicted molar refractivity (Wildman–Crippen MR) is 109 cm³/mol. The molecule has 0 aromatic carbocycles. The molecular formula is C20H23N3O5S. The maximum atomic E-state index is 12.8. The Morgan fingerprint density at radius 2 is 1.83 bits per heavy atom. The predicted octanol–water partition coefficient (Wildman–Crippen LogP) is 2.46. The average molecular weight is 417 g/mol. The molecule has 0 spiro atoms. The van der Waals surface area contributed by atoms with E-state index in [2.05, 4.69) is 9.88 Å². The van der Waals surface area contributed by atoms with Crippen LogP contribution in [0.2, 0.25) is 0 Å². The van der Waals surface area contributed by atoms with Gasteiger partial charge in [-0.15, -0.1) is 11.3 Å². The fraction of sp³-hybridized carbons (Fsp3) is 0.400. The van der Waals surface area contributed by atoms with Crippen molar-refractivity contribution >= 4 is 35.0 Å². The summed E-state index contributed by atoms with van der Waals surface area (Å²) in [6.45, 7) is 4.64. The number of carbonyl (C=O) groups excluding carboxylic acids is 3. The lowest BCUT2D eigenvalue weighted by molar-refractivity contribution is 0.0524. The number of ether oxygens (including phenoxy) is 2. The molecular weight excluding hydrogens is 394 g/mol. The van der Waals surface area contributed by atoms with E-state index in [9.17, 15) is 14.4 Å². The molecule has 1 saturated heterocycles. The number of methoxy groups -OCH3 is 1. The number of pyridine rings is 1. The van der Waals surface area contributed by atoms with Crippen LogP contribution < -0.4 is 4.90 Å². The summed E-state index contributed by atoms with van der Waals surface area (Å²) >= 11 is 1.14. The zero-order valence-electron chi connectivity index (χ0n) is 16.4. The summed E-state index contributed by atoms with van der Waals surface area (Å²) < 4.78 is 9.67. The summed E-state index contributed by atoms with van der Waals surface area (Å²) in [7, 11) is 1.32. The highest BCUT2D eigenvalue weighted by Gasteiger charge is 2.23. The van der Waals surface area contributed by atoms with Gasteiger partial charge in [0.2, 0.25) is 0 Å². The highest BCUT2D eigenvalue weighted by molar-refractivity contribution is 7.15. The van der Waals surface area contributed by atoms with Crippen molar-refractivity contribution in [2.24, 2.45) is 0 Å². The summed E-state index contributed by atoms with van der Waals surface area (Å²) in [6, 6.07) is 6.78. The molecule has 29 heavy (non-hydrogen) atoms. The van der Waals surface area contributed by atoms with E-state index in [-0.39, 0.29) is 11.9 Å². The largest absolute Gasteiger partial charge is 0.465 e. The minimum absolute atomic E-state index is 0.0855. The highest BCUT2D eigenvalue weighted by atomic mass is 32.1. The van der Waals surface area contributed by atoms with Crippen LogP contribution in [-0.4, -0.2) is 67.6 Å². The molecule has 8 nitrogen and oxygen atoms in total. The van der Waals surface area contributed by atoms with Crippen molar-refractivity contribution < 1.29 is 23.9 Å². The van der Waals surface area contributed by atoms with Crippen LogP contribution in [0.1, 0.15) is 43.0 Å². The minimum atomic E-state index is -0.437. The first-order chi connectivity index (χ1) is 14.0. The molecule has 3 heterocycles. The first-order valence-corrected chi connectivity index (χ1v) is 10.2. The molecule has 1 aliphatic heterocycles. The van der Waals surface area contributed by atoms with E-state index in [0.717, 1.165) is 30.1 Å². The molecule has 1 fully saturated rings. The van der Waals surface area contributed by atoms with Crippen LogP contribution in [0.3, 0.4) is 0 Å². The molecule has 0 atom stereocenters. The number of hydrogen-bond donors (Lipinski definition) is 0. The number of anilines is 1. The number of hydrogen-bond acceptors (Lipinski definition) is 8. The monoisotopic (exact) mass is 417 g/mol. The van der Waals surface area contributed by atoms with Crippen LogP contribution in [0.5, 0.6) is 0 Å². The molecule has 154 valence electrons. The Labute approximate surface area is 173 Å². The second-order valence-electron chi connectivity index (χ2n) is 6.41. The lowest BCUT2D eigenvalue weighted by atomic mass is 10.2. The summed E-state index contributed by atoms with van der Waals surface area (Å²) in [5.41, 5.74) is 0.418. The normalized spacial score (nSPS) is 14.3. The van der Waals surface area contributed by atoms with Gasteiger partial charge < -0.3 is 19.3 Å². The number of esters is 2. The average Bonchev–Trinajstić information content (AvgIpc) is 3.11. The molecule has 0 radical (unpaired) electrons. The van der Waals surface area contributed by atoms with Crippen molar-refractivity contribution in [2.75, 3.05) is 44.8 Å². The molecule has 0 unspecified atom stereocenters. The zero-order valence-corrected chi connectivity index (χ0v) is 17.2. The van der Waals surface area contributed by atoms with Crippen LogP contribution in [-0.2, 0) is 9.47 Å². The number of rotatable bonds is 5. The summed E-state index contributed by atoms with van der Waals surface area (Å²) in [4.78, 5) is 45.4. The Morgan fingerprint density at radius 1 is 1.03 bits per heavy atom. The molecule has 0 saturated carbocycles. The Hall–Kier alpha value is -2.94. The van der Waals surface area contributed by atoms with Gasteiger partial charge in [0, 0.05) is 32.4 Å². The van der Waals surface area contributed by atoms with Gasteiger partial charge in [-0.3, -0.25) is 4.79 Å². The number of aromatic nitrogens is 1. The highest BCUT2D eigenvalue weighted by Crippen LogP contribution is 2.21. The van der Waals surface area contributed by atoms with Crippen molar-refractivity contribution in [3.63, 3.8) is 0 Å². The SMILES string of the molecule is CCOC(=O)c1ccc(N2CCCN(C(=O)c3ccc(C(=O)OC)s3)CC2)nc1. The first-order valence-electron chi connectivity index (χ1n) is 9.39. The quantitative estimate of drug-likeness (QED) is 0.691. The van der Waals surface area contributed by atoms with Crippen molar-refractivity contribution in [3.05, 3.63) is 45.8 Å². The zero-order chi connectivity index (χ0) is 20.8. The maximum Gasteiger partial charge on any atom is 0.348 e. The standard InChI is InChI=1S/C20H23N3O5S/c1-3-28-19(25)14-5-8-17(21-13-14)22-9-4-10-23(12-11-22)18(24)15-6-7-16(29-15)20(26)27-2/h5-8,13H,3-4,9-12H2,1-2H3. The van der Waals surface area contributed by atoms with E-state index in [1.807, 2.05) is 0 Å². The lowest BCUT2D eigenvalue weighted by Gasteiger charge is -2.22. The van der Waals surface area contributed by atoms with Crippen molar-refractivity contribution in [1.82, 2.24) is 9.88 Å². The fourth-order valence-electron chi connectivity index (χ4n) is 3.08. The summed E-state index contributed by atoms with van der Waals surface area (Å²) in [6.07, 6.45) is 2.31. The van der Waals surface area contributed by atoms with Crippen LogP contribution in [0.15, 0.2) is 30.5 Å². The van der Waals surface area contributed by atoms with Gasteiger partial charge in [0.15, 0.2) is 0 Å². The van der Waals surface area contributed by atoms with Gasteiger partial charge in [0.25, 0.3) is 5.91 Å². The van der Waals surface area contributed by atoms with Gasteiger partial charge in [-0.05, 0) is 37.6 Å². The molecule has 3 rings (SSSR count). The molecule has 1 aliphatic rings. The third kappa shape index (κ3) is 4.92. The third-order valence-electron chi connectivity index (χ3n) is 4.57. The van der Waals surface area contributed by atoms with Crippen molar-refractivity contribution in [3.8, 4) is 0 Å². The number of thiophene rings is 1. The van der Waals surface area contributed by atoms with E-state index < -0.39 is 5.97 Å². The molecule has 0 aliphatic carbocycles. The molecule has 0 N–H and O–H groups in total. The second kappa shape index (κ2) is 9.51. The Kier molecular flexibility index (Phi) is 6.82. The topological polar surface area (TPSA) is 89.0 Å². The first kappa shape index (κ1) is 20.8. The van der Waals surface area contributed by atoms with Gasteiger partial charge in [0.05, 0.1) is 24.2 Å². The van der Waals surface area contributed by atoms with E-state index in [4.69, 9.17) is 9.47 Å². The lowest BCUT2D eigenvalue weighted by Crippen LogP contribution is -2.35. The Balaban J connectivity index is 1.62. The van der Waals surface area contributed by atoms with E-state index >= 15 is 0 Å². The minimum Gasteiger partial charge on any atom is -0.465 e. The van der Waals surface area contributed by atoms with Crippen LogP contribution in [0.25, 0.3) is 0 Å². The van der Waals surface area contributed by atoms with E-state index in [1.54, 1.807) is 36.1 Å². The van der Waals surface area contributed by atoms with Gasteiger partial charge in [-0.1, -0.05) is 0 Å². The number of carbonyl (C=O) groups is 3. The summed E-state index contributed by atoms with van der Waals surface area (Å²) in [5, 5.41) is 0. The molecule has 1 amide bonds. The molecule has 0 bridgehead atoms. The Morgan fingerprint density at radius 3 is 2.52 bits per heavy atom. The van der Waals surface area contributed by atoms with Crippen LogP contribution >= 0.6 is 11.3 Å². The van der Waals surface area contributed by atoms with Crippen molar-refractivity contribution in [2.45, 2.75) is 13.3 Å². The van der Waals surface area contributed by atoms with Gasteiger partial charge >= 0.3 is 11.9 Å². The maximum absolute atomic E-state index is 12.8. The van der Waals surface area contributed by atoms with E-state index in [1.165, 1.54) is 13.3 Å². The fourth-order valence-corrected chi connectivity index (χ4v) is 3.97.